The summed E-state index contributed by atoms with van der Waals surface area (Å²) in [4.78, 5) is 0. The van der Waals surface area contributed by atoms with Crippen LogP contribution in [0.3, 0.4) is 0 Å². The van der Waals surface area contributed by atoms with Gasteiger partial charge >= 0.3 is 0 Å². The number of hydrogen-bond donors (Lipinski definition) is 0. The van der Waals surface area contributed by atoms with Crippen LogP contribution in [0, 0.1) is 19.7 Å². The Morgan fingerprint density at radius 3 is 2.30 bits per heavy atom. The van der Waals surface area contributed by atoms with E-state index in [-0.39, 0.29) is 5.82 Å². The first kappa shape index (κ1) is 15.3. The molecule has 2 rings (SSSR count). The molecule has 4 heteroatoms. The number of aryl methyl sites for hydroxylation is 2. The largest absolute Gasteiger partial charge is 0.496 e. The summed E-state index contributed by atoms with van der Waals surface area (Å²) in [5.41, 5.74) is 3.28. The zero-order chi connectivity index (χ0) is 14.9. The van der Waals surface area contributed by atoms with Crippen molar-refractivity contribution >= 4 is 27.5 Å². The number of methoxy groups -OCH3 is 1. The number of alkyl halides is 1. The first-order valence-electron chi connectivity index (χ1n) is 6.18. The number of rotatable bonds is 3. The lowest BCUT2D eigenvalue weighted by Crippen LogP contribution is -2.01. The van der Waals surface area contributed by atoms with Gasteiger partial charge in [-0.2, -0.15) is 0 Å². The van der Waals surface area contributed by atoms with Crippen molar-refractivity contribution in [3.8, 4) is 5.75 Å². The van der Waals surface area contributed by atoms with Gasteiger partial charge in [-0.25, -0.2) is 4.39 Å². The molecule has 0 radical (unpaired) electrons. The molecule has 2 aromatic rings. The molecule has 1 atom stereocenters. The first-order chi connectivity index (χ1) is 9.45. The molecule has 0 spiro atoms. The van der Waals surface area contributed by atoms with Crippen molar-refractivity contribution in [2.45, 2.75) is 19.2 Å². The van der Waals surface area contributed by atoms with Gasteiger partial charge in [-0.1, -0.05) is 34.1 Å². The van der Waals surface area contributed by atoms with Crippen molar-refractivity contribution in [1.82, 2.24) is 0 Å². The normalized spacial score (nSPS) is 12.3. The minimum atomic E-state index is -0.547. The van der Waals surface area contributed by atoms with Crippen molar-refractivity contribution in [2.24, 2.45) is 0 Å². The summed E-state index contributed by atoms with van der Waals surface area (Å²) in [6.45, 7) is 3.91. The molecule has 0 heterocycles. The molecule has 0 aliphatic rings. The molecule has 1 nitrogen and oxygen atoms in total. The monoisotopic (exact) mass is 356 g/mol. The van der Waals surface area contributed by atoms with Gasteiger partial charge in [0.25, 0.3) is 0 Å². The molecule has 0 fully saturated rings. The number of benzene rings is 2. The van der Waals surface area contributed by atoms with E-state index >= 15 is 0 Å². The van der Waals surface area contributed by atoms with Crippen LogP contribution in [0.5, 0.6) is 5.75 Å². The van der Waals surface area contributed by atoms with Crippen LogP contribution in [-0.2, 0) is 0 Å². The summed E-state index contributed by atoms with van der Waals surface area (Å²) in [6, 6.07) is 8.72. The Kier molecular flexibility index (Phi) is 4.71. The quantitative estimate of drug-likeness (QED) is 0.655. The molecule has 0 saturated carbocycles. The van der Waals surface area contributed by atoms with Gasteiger partial charge in [0.15, 0.2) is 0 Å². The summed E-state index contributed by atoms with van der Waals surface area (Å²) in [5, 5.41) is -0.547. The Hall–Kier alpha value is -1.06. The van der Waals surface area contributed by atoms with Gasteiger partial charge in [-0.15, -0.1) is 11.6 Å². The second kappa shape index (κ2) is 6.15. The fourth-order valence-electron chi connectivity index (χ4n) is 2.37. The van der Waals surface area contributed by atoms with Crippen LogP contribution in [0.2, 0.25) is 0 Å². The second-order valence-corrected chi connectivity index (χ2v) is 5.98. The Labute approximate surface area is 131 Å². The average Bonchev–Trinajstić information content (AvgIpc) is 2.37. The molecular weight excluding hydrogens is 343 g/mol. The summed E-state index contributed by atoms with van der Waals surface area (Å²) in [6.07, 6.45) is 0. The fourth-order valence-corrected chi connectivity index (χ4v) is 3.42. The van der Waals surface area contributed by atoms with Gasteiger partial charge in [0.05, 0.1) is 12.5 Å². The predicted octanol–water partition coefficient (Wildman–Crippen LogP) is 5.54. The van der Waals surface area contributed by atoms with Crippen LogP contribution in [0.1, 0.15) is 27.6 Å². The SMILES string of the molecule is COc1c(C)cc(C(Cl)c2c(F)cccc2Br)cc1C. The molecule has 20 heavy (non-hydrogen) atoms. The van der Waals surface area contributed by atoms with Crippen molar-refractivity contribution in [2.75, 3.05) is 7.11 Å². The Balaban J connectivity index is 2.52. The van der Waals surface area contributed by atoms with Crippen LogP contribution >= 0.6 is 27.5 Å². The molecule has 0 saturated heterocycles. The molecule has 106 valence electrons. The lowest BCUT2D eigenvalue weighted by molar-refractivity contribution is 0.408. The Bertz CT molecular complexity index is 599. The van der Waals surface area contributed by atoms with E-state index in [0.29, 0.717) is 10.0 Å². The number of hydrogen-bond acceptors (Lipinski definition) is 1. The number of halogens is 3. The molecule has 0 N–H and O–H groups in total. The maximum Gasteiger partial charge on any atom is 0.129 e. The molecule has 0 aliphatic carbocycles. The summed E-state index contributed by atoms with van der Waals surface area (Å²) in [5.74, 6) is 0.524. The van der Waals surface area contributed by atoms with Gasteiger partial charge in [-0.3, -0.25) is 0 Å². The average molecular weight is 358 g/mol. The van der Waals surface area contributed by atoms with E-state index in [1.165, 1.54) is 6.07 Å². The highest BCUT2D eigenvalue weighted by atomic mass is 79.9. The maximum atomic E-state index is 14.0. The standard InChI is InChI=1S/C16H15BrClFO/c1-9-7-11(8-10(2)16(9)20-3)15(18)14-12(17)5-4-6-13(14)19/h4-8,15H,1-3H3. The van der Waals surface area contributed by atoms with Crippen LogP contribution in [0.15, 0.2) is 34.8 Å². The topological polar surface area (TPSA) is 9.23 Å². The maximum absolute atomic E-state index is 14.0. The number of ether oxygens (including phenoxy) is 1. The predicted molar refractivity (Wildman–Crippen MR) is 84.3 cm³/mol. The third-order valence-corrected chi connectivity index (χ3v) is 4.39. The Morgan fingerprint density at radius 2 is 1.80 bits per heavy atom. The van der Waals surface area contributed by atoms with Gasteiger partial charge < -0.3 is 4.74 Å². The van der Waals surface area contributed by atoms with E-state index in [1.54, 1.807) is 19.2 Å². The van der Waals surface area contributed by atoms with Crippen LogP contribution in [0.4, 0.5) is 4.39 Å². The summed E-state index contributed by atoms with van der Waals surface area (Å²) >= 11 is 9.83. The lowest BCUT2D eigenvalue weighted by Gasteiger charge is -2.17. The molecule has 0 amide bonds. The second-order valence-electron chi connectivity index (χ2n) is 4.69. The molecule has 1 unspecified atom stereocenters. The van der Waals surface area contributed by atoms with Crippen LogP contribution in [-0.4, -0.2) is 7.11 Å². The third kappa shape index (κ3) is 2.84. The van der Waals surface area contributed by atoms with E-state index in [4.69, 9.17) is 16.3 Å². The lowest BCUT2D eigenvalue weighted by atomic mass is 9.99. The van der Waals surface area contributed by atoms with Gasteiger partial charge in [0.2, 0.25) is 0 Å². The summed E-state index contributed by atoms with van der Waals surface area (Å²) < 4.78 is 20.0. The summed E-state index contributed by atoms with van der Waals surface area (Å²) in [7, 11) is 1.64. The van der Waals surface area contributed by atoms with Crippen molar-refractivity contribution in [1.29, 1.82) is 0 Å². The molecule has 2 aromatic carbocycles. The molecule has 0 aliphatic heterocycles. The van der Waals surface area contributed by atoms with Gasteiger partial charge in [0, 0.05) is 10.0 Å². The molecule has 0 aromatic heterocycles. The minimum absolute atomic E-state index is 0.314. The van der Waals surface area contributed by atoms with Gasteiger partial charge in [-0.05, 0) is 42.7 Å². The smallest absolute Gasteiger partial charge is 0.129 e. The van der Waals surface area contributed by atoms with Crippen LogP contribution < -0.4 is 4.74 Å². The van der Waals surface area contributed by atoms with E-state index in [1.807, 2.05) is 26.0 Å². The van der Waals surface area contributed by atoms with Crippen molar-refractivity contribution in [3.63, 3.8) is 0 Å². The molecular formula is C16H15BrClFO. The van der Waals surface area contributed by atoms with E-state index in [2.05, 4.69) is 15.9 Å². The van der Waals surface area contributed by atoms with Crippen LogP contribution in [0.25, 0.3) is 0 Å². The zero-order valence-electron chi connectivity index (χ0n) is 11.5. The Morgan fingerprint density at radius 1 is 1.20 bits per heavy atom. The third-order valence-electron chi connectivity index (χ3n) is 3.23. The highest BCUT2D eigenvalue weighted by molar-refractivity contribution is 9.10. The fraction of sp³-hybridized carbons (Fsp3) is 0.250. The van der Waals surface area contributed by atoms with E-state index in [0.717, 1.165) is 22.4 Å². The first-order valence-corrected chi connectivity index (χ1v) is 7.41. The van der Waals surface area contributed by atoms with Crippen molar-refractivity contribution < 1.29 is 9.13 Å². The van der Waals surface area contributed by atoms with Crippen molar-refractivity contribution in [3.05, 3.63) is 62.9 Å². The van der Waals surface area contributed by atoms with E-state index in [9.17, 15) is 4.39 Å². The van der Waals surface area contributed by atoms with Gasteiger partial charge in [0.1, 0.15) is 11.6 Å². The highest BCUT2D eigenvalue weighted by Crippen LogP contribution is 2.38. The zero-order valence-corrected chi connectivity index (χ0v) is 13.8. The van der Waals surface area contributed by atoms with E-state index < -0.39 is 5.38 Å². The molecule has 0 bridgehead atoms. The minimum Gasteiger partial charge on any atom is -0.496 e. The highest BCUT2D eigenvalue weighted by Gasteiger charge is 2.20.